The van der Waals surface area contributed by atoms with Crippen molar-refractivity contribution < 1.29 is 14.3 Å². The second kappa shape index (κ2) is 9.36. The number of amides is 3. The Hall–Kier alpha value is -3.11. The van der Waals surface area contributed by atoms with E-state index in [1.54, 1.807) is 18.2 Å². The highest BCUT2D eigenvalue weighted by molar-refractivity contribution is 9.10. The van der Waals surface area contributed by atoms with Gasteiger partial charge in [-0.3, -0.25) is 9.69 Å². The Morgan fingerprint density at radius 1 is 1.16 bits per heavy atom. The Kier molecular flexibility index (Phi) is 6.38. The summed E-state index contributed by atoms with van der Waals surface area (Å²) in [6.07, 6.45) is 6.59. The van der Waals surface area contributed by atoms with Crippen molar-refractivity contribution in [2.45, 2.75) is 44.8 Å². The molecule has 1 N–H and O–H groups in total. The van der Waals surface area contributed by atoms with Gasteiger partial charge < -0.3 is 10.1 Å². The van der Waals surface area contributed by atoms with E-state index in [9.17, 15) is 14.9 Å². The molecule has 4 rings (SSSR count). The number of carbonyl (C=O) groups is 2. The van der Waals surface area contributed by atoms with Crippen molar-refractivity contribution in [3.63, 3.8) is 0 Å². The molecule has 0 bridgehead atoms. The number of halogens is 1. The number of imide groups is 1. The lowest BCUT2D eigenvalue weighted by atomic mass is 9.94. The van der Waals surface area contributed by atoms with Gasteiger partial charge in [-0.15, -0.1) is 0 Å². The summed E-state index contributed by atoms with van der Waals surface area (Å²) in [4.78, 5) is 26.8. The molecule has 1 heterocycles. The Bertz CT molecular complexity index is 1080. The lowest BCUT2D eigenvalue weighted by Crippen LogP contribution is -2.41. The Balaban J connectivity index is 1.57. The zero-order valence-electron chi connectivity index (χ0n) is 16.9. The SMILES string of the molecule is N#Cc1ccccc1COc1ccc(Br)cc1/C=C1\NC(=O)N(C2CCCCC2)C1=O. The van der Waals surface area contributed by atoms with E-state index in [0.29, 0.717) is 16.9 Å². The van der Waals surface area contributed by atoms with Crippen LogP contribution in [0.2, 0.25) is 0 Å². The molecule has 3 amide bonds. The number of ether oxygens (including phenoxy) is 1. The minimum atomic E-state index is -0.358. The van der Waals surface area contributed by atoms with Crippen LogP contribution in [-0.2, 0) is 11.4 Å². The number of nitriles is 1. The van der Waals surface area contributed by atoms with Gasteiger partial charge in [0.2, 0.25) is 0 Å². The fraction of sp³-hybridized carbons (Fsp3) is 0.292. The highest BCUT2D eigenvalue weighted by Gasteiger charge is 2.39. The molecule has 2 aromatic rings. The highest BCUT2D eigenvalue weighted by atomic mass is 79.9. The summed E-state index contributed by atoms with van der Waals surface area (Å²) in [5.41, 5.74) is 2.25. The van der Waals surface area contributed by atoms with Gasteiger partial charge in [-0.25, -0.2) is 4.79 Å². The molecule has 7 heteroatoms. The van der Waals surface area contributed by atoms with E-state index in [0.717, 1.165) is 42.1 Å². The van der Waals surface area contributed by atoms with Gasteiger partial charge in [0.1, 0.15) is 18.1 Å². The van der Waals surface area contributed by atoms with Gasteiger partial charge in [0.25, 0.3) is 5.91 Å². The van der Waals surface area contributed by atoms with E-state index in [2.05, 4.69) is 27.3 Å². The van der Waals surface area contributed by atoms with E-state index in [1.165, 1.54) is 4.90 Å². The molecule has 158 valence electrons. The topological polar surface area (TPSA) is 82.4 Å². The molecule has 1 aliphatic heterocycles. The average Bonchev–Trinajstić information content (AvgIpc) is 3.06. The maximum Gasteiger partial charge on any atom is 0.329 e. The summed E-state index contributed by atoms with van der Waals surface area (Å²) in [6, 6.07) is 14.5. The molecule has 0 atom stereocenters. The first-order valence-corrected chi connectivity index (χ1v) is 11.1. The molecule has 2 fully saturated rings. The van der Waals surface area contributed by atoms with Crippen LogP contribution in [0, 0.1) is 11.3 Å². The third-order valence-electron chi connectivity index (χ3n) is 5.64. The first-order valence-electron chi connectivity index (χ1n) is 10.3. The zero-order valence-corrected chi connectivity index (χ0v) is 18.5. The quantitative estimate of drug-likeness (QED) is 0.476. The predicted octanol–water partition coefficient (Wildman–Crippen LogP) is 5.13. The molecule has 6 nitrogen and oxygen atoms in total. The molecule has 2 aliphatic rings. The van der Waals surface area contributed by atoms with E-state index >= 15 is 0 Å². The molecule has 1 aliphatic carbocycles. The summed E-state index contributed by atoms with van der Waals surface area (Å²) in [7, 11) is 0. The van der Waals surface area contributed by atoms with Crippen LogP contribution in [0.1, 0.15) is 48.8 Å². The second-order valence-electron chi connectivity index (χ2n) is 7.69. The second-order valence-corrected chi connectivity index (χ2v) is 8.61. The maximum absolute atomic E-state index is 13.0. The zero-order chi connectivity index (χ0) is 21.8. The fourth-order valence-corrected chi connectivity index (χ4v) is 4.43. The van der Waals surface area contributed by atoms with Gasteiger partial charge >= 0.3 is 6.03 Å². The van der Waals surface area contributed by atoms with Crippen molar-refractivity contribution in [2.24, 2.45) is 0 Å². The maximum atomic E-state index is 13.0. The van der Waals surface area contributed by atoms with E-state index in [4.69, 9.17) is 4.74 Å². The molecular formula is C24H22BrN3O3. The molecule has 0 radical (unpaired) electrons. The van der Waals surface area contributed by atoms with Gasteiger partial charge in [0.15, 0.2) is 0 Å². The number of rotatable bonds is 5. The molecule has 1 saturated carbocycles. The summed E-state index contributed by atoms with van der Waals surface area (Å²) in [6.45, 7) is 0.218. The third-order valence-corrected chi connectivity index (χ3v) is 6.14. The highest BCUT2D eigenvalue weighted by Crippen LogP contribution is 2.30. The van der Waals surface area contributed by atoms with E-state index in [-0.39, 0.29) is 30.3 Å². The monoisotopic (exact) mass is 479 g/mol. The number of urea groups is 1. The summed E-state index contributed by atoms with van der Waals surface area (Å²) in [5.74, 6) is 0.263. The van der Waals surface area contributed by atoms with Crippen molar-refractivity contribution >= 4 is 33.9 Å². The molecule has 1 saturated heterocycles. The standard InChI is InChI=1S/C24H22BrN3O3/c25-19-10-11-22(31-15-17-7-5-4-6-16(17)14-26)18(12-19)13-21-23(29)28(24(30)27-21)20-8-2-1-3-9-20/h4-7,10-13,20H,1-3,8-9,15H2,(H,27,30)/b21-13-. The van der Waals surface area contributed by atoms with Gasteiger partial charge in [0, 0.05) is 21.6 Å². The van der Waals surface area contributed by atoms with Crippen LogP contribution < -0.4 is 10.1 Å². The molecule has 31 heavy (non-hydrogen) atoms. The largest absolute Gasteiger partial charge is 0.488 e. The fourth-order valence-electron chi connectivity index (χ4n) is 4.05. The minimum absolute atomic E-state index is 0.0344. The number of hydrogen-bond acceptors (Lipinski definition) is 4. The van der Waals surface area contributed by atoms with Crippen molar-refractivity contribution in [1.82, 2.24) is 10.2 Å². The summed E-state index contributed by atoms with van der Waals surface area (Å²) in [5, 5.41) is 12.0. The normalized spacial score (nSPS) is 18.2. The van der Waals surface area contributed by atoms with Crippen LogP contribution in [0.5, 0.6) is 5.75 Å². The number of benzene rings is 2. The summed E-state index contributed by atoms with van der Waals surface area (Å²) < 4.78 is 6.81. The Morgan fingerprint density at radius 3 is 2.71 bits per heavy atom. The first kappa shape index (κ1) is 21.1. The smallest absolute Gasteiger partial charge is 0.329 e. The molecule has 2 aromatic carbocycles. The Labute approximate surface area is 189 Å². The lowest BCUT2D eigenvalue weighted by molar-refractivity contribution is -0.124. The Morgan fingerprint density at radius 2 is 1.94 bits per heavy atom. The minimum Gasteiger partial charge on any atom is -0.488 e. The molecule has 0 spiro atoms. The van der Waals surface area contributed by atoms with E-state index in [1.807, 2.05) is 30.3 Å². The van der Waals surface area contributed by atoms with Gasteiger partial charge in [-0.05, 0) is 43.2 Å². The molecule has 0 aromatic heterocycles. The molecular weight excluding hydrogens is 458 g/mol. The number of carbonyl (C=O) groups excluding carboxylic acids is 2. The number of nitrogens with one attached hydrogen (secondary N) is 1. The number of nitrogens with zero attached hydrogens (tertiary/aromatic N) is 2. The van der Waals surface area contributed by atoms with Crippen LogP contribution in [0.4, 0.5) is 4.79 Å². The third kappa shape index (κ3) is 4.64. The molecule has 0 unspecified atom stereocenters. The van der Waals surface area contributed by atoms with Crippen LogP contribution in [0.15, 0.2) is 52.6 Å². The van der Waals surface area contributed by atoms with Gasteiger partial charge in [-0.2, -0.15) is 5.26 Å². The summed E-state index contributed by atoms with van der Waals surface area (Å²) >= 11 is 3.46. The van der Waals surface area contributed by atoms with Crippen LogP contribution in [0.25, 0.3) is 6.08 Å². The average molecular weight is 480 g/mol. The van der Waals surface area contributed by atoms with Crippen LogP contribution in [0.3, 0.4) is 0 Å². The van der Waals surface area contributed by atoms with Crippen molar-refractivity contribution in [2.75, 3.05) is 0 Å². The lowest BCUT2D eigenvalue weighted by Gasteiger charge is -2.28. The van der Waals surface area contributed by atoms with E-state index < -0.39 is 0 Å². The van der Waals surface area contributed by atoms with Gasteiger partial charge in [-0.1, -0.05) is 53.4 Å². The predicted molar refractivity (Wildman–Crippen MR) is 120 cm³/mol. The van der Waals surface area contributed by atoms with Crippen LogP contribution >= 0.6 is 15.9 Å². The van der Waals surface area contributed by atoms with Crippen molar-refractivity contribution in [1.29, 1.82) is 5.26 Å². The number of hydrogen-bond donors (Lipinski definition) is 1. The van der Waals surface area contributed by atoms with Crippen molar-refractivity contribution in [3.8, 4) is 11.8 Å². The van der Waals surface area contributed by atoms with Crippen molar-refractivity contribution in [3.05, 3.63) is 69.3 Å². The first-order chi connectivity index (χ1) is 15.1. The van der Waals surface area contributed by atoms with Crippen LogP contribution in [-0.4, -0.2) is 22.9 Å². The van der Waals surface area contributed by atoms with Gasteiger partial charge in [0.05, 0.1) is 11.6 Å².